The molecule has 3 aromatic rings. The van der Waals surface area contributed by atoms with Crippen LogP contribution in [-0.4, -0.2) is 27.2 Å². The van der Waals surface area contributed by atoms with Crippen LogP contribution < -0.4 is 10.1 Å². The number of nitrogens with zero attached hydrogens (tertiary/aromatic N) is 3. The molecule has 0 bridgehead atoms. The first kappa shape index (κ1) is 18.9. The predicted molar refractivity (Wildman–Crippen MR) is 106 cm³/mol. The minimum atomic E-state index is -0.548. The Bertz CT molecular complexity index is 1080. The second-order valence-corrected chi connectivity index (χ2v) is 7.20. The van der Waals surface area contributed by atoms with Gasteiger partial charge in [-0.2, -0.15) is 16.9 Å². The molecule has 4 rings (SSSR count). The lowest BCUT2D eigenvalue weighted by atomic mass is 10.2. The smallest absolute Gasteiger partial charge is 0.269 e. The molecule has 8 nitrogen and oxygen atoms in total. The summed E-state index contributed by atoms with van der Waals surface area (Å²) in [5.74, 6) is 0.869. The normalized spacial score (nSPS) is 12.4. The second kappa shape index (κ2) is 7.92. The highest BCUT2D eigenvalue weighted by molar-refractivity contribution is 7.98. The van der Waals surface area contributed by atoms with Crippen LogP contribution in [0.3, 0.4) is 0 Å². The van der Waals surface area contributed by atoms with Gasteiger partial charge in [0.2, 0.25) is 0 Å². The number of para-hydroxylation sites is 1. The average Bonchev–Trinajstić information content (AvgIpc) is 3.30. The van der Waals surface area contributed by atoms with E-state index in [2.05, 4.69) is 10.4 Å². The fourth-order valence-corrected chi connectivity index (χ4v) is 3.95. The van der Waals surface area contributed by atoms with Crippen molar-refractivity contribution >= 4 is 29.2 Å². The average molecular weight is 414 g/mol. The maximum Gasteiger partial charge on any atom is 0.269 e. The van der Waals surface area contributed by atoms with Crippen LogP contribution in [0.5, 0.6) is 5.75 Å². The number of aromatic nitrogens is 2. The largest absolute Gasteiger partial charge is 0.481 e. The van der Waals surface area contributed by atoms with Crippen molar-refractivity contribution in [2.45, 2.75) is 11.5 Å². The quantitative estimate of drug-likeness (QED) is 0.488. The maximum atomic E-state index is 13.7. The van der Waals surface area contributed by atoms with E-state index in [1.54, 1.807) is 34.6 Å². The van der Waals surface area contributed by atoms with Gasteiger partial charge in [0, 0.05) is 29.2 Å². The monoisotopic (exact) mass is 414 g/mol. The van der Waals surface area contributed by atoms with Crippen LogP contribution in [0.4, 0.5) is 15.9 Å². The van der Waals surface area contributed by atoms with Crippen molar-refractivity contribution in [3.63, 3.8) is 0 Å². The molecule has 1 N–H and O–H groups in total. The topological polar surface area (TPSA) is 99.3 Å². The van der Waals surface area contributed by atoms with Crippen LogP contribution >= 0.6 is 11.8 Å². The standard InChI is InChI=1S/C19H15FN4O4S/c20-15-3-1-2-4-17(15)28-9-18(25)21-19-14-10-29-11-16(14)22-23(19)12-5-7-13(8-6-12)24(26)27/h1-8H,9-11H2,(H,21,25). The van der Waals surface area contributed by atoms with E-state index in [0.717, 1.165) is 11.3 Å². The molecule has 0 fully saturated rings. The molecule has 0 unspecified atom stereocenters. The number of hydrogen-bond donors (Lipinski definition) is 1. The lowest BCUT2D eigenvalue weighted by Gasteiger charge is -2.12. The van der Waals surface area contributed by atoms with Gasteiger partial charge in [-0.15, -0.1) is 0 Å². The summed E-state index contributed by atoms with van der Waals surface area (Å²) >= 11 is 1.68. The van der Waals surface area contributed by atoms with E-state index in [4.69, 9.17) is 4.74 Å². The summed E-state index contributed by atoms with van der Waals surface area (Å²) in [4.78, 5) is 22.8. The highest BCUT2D eigenvalue weighted by Gasteiger charge is 2.25. The minimum absolute atomic E-state index is 0.00712. The number of halogens is 1. The van der Waals surface area contributed by atoms with Gasteiger partial charge in [0.15, 0.2) is 18.2 Å². The van der Waals surface area contributed by atoms with Crippen molar-refractivity contribution in [2.24, 2.45) is 0 Å². The number of thioether (sulfide) groups is 1. The molecular formula is C19H15FN4O4S. The van der Waals surface area contributed by atoms with Crippen molar-refractivity contribution in [2.75, 3.05) is 11.9 Å². The molecule has 2 aromatic carbocycles. The van der Waals surface area contributed by atoms with E-state index in [1.807, 2.05) is 0 Å². The molecule has 0 radical (unpaired) electrons. The first-order valence-corrected chi connectivity index (χ1v) is 9.79. The van der Waals surface area contributed by atoms with Gasteiger partial charge in [-0.25, -0.2) is 9.07 Å². The van der Waals surface area contributed by atoms with Crippen LogP contribution in [0, 0.1) is 15.9 Å². The fourth-order valence-electron chi connectivity index (χ4n) is 2.92. The number of nitro benzene ring substituents is 1. The Hall–Kier alpha value is -3.40. The highest BCUT2D eigenvalue weighted by atomic mass is 32.2. The van der Waals surface area contributed by atoms with E-state index in [1.165, 1.54) is 30.3 Å². The lowest BCUT2D eigenvalue weighted by Crippen LogP contribution is -2.22. The summed E-state index contributed by atoms with van der Waals surface area (Å²) in [6.07, 6.45) is 0. The molecule has 1 amide bonds. The summed E-state index contributed by atoms with van der Waals surface area (Å²) in [6.45, 7) is -0.367. The maximum absolute atomic E-state index is 13.7. The molecule has 29 heavy (non-hydrogen) atoms. The van der Waals surface area contributed by atoms with Crippen LogP contribution in [0.15, 0.2) is 48.5 Å². The third-order valence-corrected chi connectivity index (χ3v) is 5.28. The number of non-ortho nitro benzene ring substituents is 1. The molecule has 2 heterocycles. The van der Waals surface area contributed by atoms with Crippen LogP contribution in [0.25, 0.3) is 5.69 Å². The van der Waals surface area contributed by atoms with Gasteiger partial charge in [0.1, 0.15) is 5.82 Å². The number of nitro groups is 1. The molecule has 1 aliphatic heterocycles. The van der Waals surface area contributed by atoms with E-state index in [9.17, 15) is 19.3 Å². The number of benzene rings is 2. The molecular weight excluding hydrogens is 399 g/mol. The molecule has 0 aliphatic carbocycles. The summed E-state index contributed by atoms with van der Waals surface area (Å²) in [7, 11) is 0. The van der Waals surface area contributed by atoms with Crippen molar-refractivity contribution in [1.29, 1.82) is 0 Å². The second-order valence-electron chi connectivity index (χ2n) is 6.22. The Balaban J connectivity index is 1.56. The van der Waals surface area contributed by atoms with E-state index in [0.29, 0.717) is 23.0 Å². The van der Waals surface area contributed by atoms with Gasteiger partial charge in [0.25, 0.3) is 11.6 Å². The number of anilines is 1. The molecule has 0 saturated heterocycles. The van der Waals surface area contributed by atoms with Crippen LogP contribution in [0.1, 0.15) is 11.3 Å². The predicted octanol–water partition coefficient (Wildman–Crippen LogP) is 3.68. The fraction of sp³-hybridized carbons (Fsp3) is 0.158. The number of fused-ring (bicyclic) bond motifs is 1. The van der Waals surface area contributed by atoms with Gasteiger partial charge in [-0.1, -0.05) is 12.1 Å². The zero-order chi connectivity index (χ0) is 20.4. The molecule has 0 spiro atoms. The number of amides is 1. The van der Waals surface area contributed by atoms with Crippen molar-refractivity contribution in [3.8, 4) is 11.4 Å². The van der Waals surface area contributed by atoms with E-state index in [-0.39, 0.29) is 18.0 Å². The summed E-state index contributed by atoms with van der Waals surface area (Å²) in [6, 6.07) is 11.7. The molecule has 1 aliphatic rings. The van der Waals surface area contributed by atoms with E-state index >= 15 is 0 Å². The van der Waals surface area contributed by atoms with Crippen molar-refractivity contribution in [1.82, 2.24) is 9.78 Å². The number of ether oxygens (including phenoxy) is 1. The zero-order valence-electron chi connectivity index (χ0n) is 15.0. The Morgan fingerprint density at radius 3 is 2.72 bits per heavy atom. The number of rotatable bonds is 6. The molecule has 148 valence electrons. The number of carbonyl (C=O) groups excluding carboxylic acids is 1. The Morgan fingerprint density at radius 2 is 2.00 bits per heavy atom. The molecule has 0 atom stereocenters. The Labute approximate surface area is 168 Å². The van der Waals surface area contributed by atoms with Gasteiger partial charge >= 0.3 is 0 Å². The first-order valence-electron chi connectivity index (χ1n) is 8.63. The highest BCUT2D eigenvalue weighted by Crippen LogP contribution is 2.36. The number of nitrogens with one attached hydrogen (secondary N) is 1. The van der Waals surface area contributed by atoms with Crippen molar-refractivity contribution < 1.29 is 18.8 Å². The third-order valence-electron chi connectivity index (χ3n) is 4.31. The first-order chi connectivity index (χ1) is 14.0. The third kappa shape index (κ3) is 3.92. The Morgan fingerprint density at radius 1 is 1.24 bits per heavy atom. The molecule has 1 aromatic heterocycles. The van der Waals surface area contributed by atoms with Crippen molar-refractivity contribution in [3.05, 3.63) is 75.7 Å². The van der Waals surface area contributed by atoms with Crippen LogP contribution in [0.2, 0.25) is 0 Å². The number of hydrogen-bond acceptors (Lipinski definition) is 6. The number of carbonyl (C=O) groups is 1. The minimum Gasteiger partial charge on any atom is -0.481 e. The zero-order valence-corrected chi connectivity index (χ0v) is 15.8. The van der Waals surface area contributed by atoms with Gasteiger partial charge in [-0.3, -0.25) is 14.9 Å². The Kier molecular flexibility index (Phi) is 5.17. The van der Waals surface area contributed by atoms with Gasteiger partial charge in [-0.05, 0) is 24.3 Å². The van der Waals surface area contributed by atoms with Gasteiger partial charge < -0.3 is 10.1 Å². The van der Waals surface area contributed by atoms with Gasteiger partial charge in [0.05, 0.1) is 16.3 Å². The summed E-state index contributed by atoms with van der Waals surface area (Å²) in [5.41, 5.74) is 2.29. The van der Waals surface area contributed by atoms with Crippen LogP contribution in [-0.2, 0) is 16.3 Å². The van der Waals surface area contributed by atoms with E-state index < -0.39 is 16.6 Å². The lowest BCUT2D eigenvalue weighted by molar-refractivity contribution is -0.384. The SMILES string of the molecule is O=C(COc1ccccc1F)Nc1c2c(nn1-c1ccc([N+](=O)[O-])cc1)CSC2. The molecule has 10 heteroatoms. The summed E-state index contributed by atoms with van der Waals surface area (Å²) in [5, 5.41) is 18.2. The molecule has 0 saturated carbocycles. The summed E-state index contributed by atoms with van der Waals surface area (Å²) < 4.78 is 20.5.